The van der Waals surface area contributed by atoms with Crippen LogP contribution in [0.2, 0.25) is 0 Å². The highest BCUT2D eigenvalue weighted by Crippen LogP contribution is 2.41. The minimum atomic E-state index is 0.851. The number of rotatable bonds is 4. The maximum atomic E-state index is 4.66. The van der Waals surface area contributed by atoms with Gasteiger partial charge in [0.15, 0.2) is 0 Å². The summed E-state index contributed by atoms with van der Waals surface area (Å²) in [6.45, 7) is 0.851. The van der Waals surface area contributed by atoms with Crippen LogP contribution in [0, 0.1) is 0 Å². The van der Waals surface area contributed by atoms with Crippen LogP contribution in [0.4, 0.5) is 17.1 Å². The van der Waals surface area contributed by atoms with Gasteiger partial charge in [-0.15, -0.1) is 0 Å². The highest BCUT2D eigenvalue weighted by molar-refractivity contribution is 7.99. The average molecular weight is 485 g/mol. The van der Waals surface area contributed by atoms with Gasteiger partial charge in [-0.3, -0.25) is 4.57 Å². The Labute approximate surface area is 214 Å². The van der Waals surface area contributed by atoms with Gasteiger partial charge in [0.1, 0.15) is 5.82 Å². The number of nitrogens with zero attached hydrogens (tertiary/aromatic N) is 4. The van der Waals surface area contributed by atoms with Gasteiger partial charge in [0, 0.05) is 39.5 Å². The molecule has 0 amide bonds. The summed E-state index contributed by atoms with van der Waals surface area (Å²) < 4.78 is 2.27. The first-order valence-electron chi connectivity index (χ1n) is 12.1. The normalized spacial score (nSPS) is 13.0. The monoisotopic (exact) mass is 484 g/mol. The van der Waals surface area contributed by atoms with Crippen LogP contribution in [0.5, 0.6) is 0 Å². The summed E-state index contributed by atoms with van der Waals surface area (Å²) >= 11 is 1.80. The Kier molecular flexibility index (Phi) is 4.96. The number of fused-ring (bicyclic) bond motifs is 4. The van der Waals surface area contributed by atoms with Crippen molar-refractivity contribution in [2.24, 2.45) is 0 Å². The Hall–Kier alpha value is -4.22. The molecule has 0 fully saturated rings. The van der Waals surface area contributed by atoms with Crippen LogP contribution in [0.15, 0.2) is 125 Å². The molecule has 174 valence electrons. The van der Waals surface area contributed by atoms with E-state index in [-0.39, 0.29) is 0 Å². The first-order valence-corrected chi connectivity index (χ1v) is 12.9. The minimum Gasteiger partial charge on any atom is -0.355 e. The average Bonchev–Trinajstić information content (AvgIpc) is 3.44. The number of hydrogen-bond donors (Lipinski definition) is 0. The van der Waals surface area contributed by atoms with Crippen LogP contribution in [-0.4, -0.2) is 23.3 Å². The lowest BCUT2D eigenvalue weighted by atomic mass is 10.2. The Balaban J connectivity index is 1.29. The van der Waals surface area contributed by atoms with Crippen LogP contribution in [0.1, 0.15) is 0 Å². The fourth-order valence-corrected chi connectivity index (χ4v) is 6.10. The molecule has 0 aliphatic carbocycles. The van der Waals surface area contributed by atoms with E-state index in [1.165, 1.54) is 48.7 Å². The predicted molar refractivity (Wildman–Crippen MR) is 151 cm³/mol. The summed E-state index contributed by atoms with van der Waals surface area (Å²) in [6, 6.07) is 38.8. The fourth-order valence-electron chi connectivity index (χ4n) is 5.20. The molecule has 1 aliphatic rings. The molecule has 1 aliphatic heterocycles. The minimum absolute atomic E-state index is 0.851. The summed E-state index contributed by atoms with van der Waals surface area (Å²) in [5.74, 6) is 0.935. The predicted octanol–water partition coefficient (Wildman–Crippen LogP) is 7.88. The van der Waals surface area contributed by atoms with Gasteiger partial charge in [-0.1, -0.05) is 60.3 Å². The number of aromatic nitrogens is 2. The Morgan fingerprint density at radius 3 is 2.33 bits per heavy atom. The lowest BCUT2D eigenvalue weighted by molar-refractivity contribution is 0.948. The summed E-state index contributed by atoms with van der Waals surface area (Å²) in [4.78, 5) is 11.8. The first-order chi connectivity index (χ1) is 17.8. The van der Waals surface area contributed by atoms with Crippen LogP contribution in [-0.2, 0) is 0 Å². The number of benzene rings is 4. The van der Waals surface area contributed by atoms with Crippen molar-refractivity contribution < 1.29 is 0 Å². The Morgan fingerprint density at radius 2 is 1.44 bits per heavy atom. The van der Waals surface area contributed by atoms with Gasteiger partial charge in [0.05, 0.1) is 29.1 Å². The van der Waals surface area contributed by atoms with Crippen molar-refractivity contribution in [3.05, 3.63) is 115 Å². The SMILES string of the molecule is CN1CN(c2cccc(Sc3ccc4c5ccccc5n(-c5ccccn5)c4c3)c2)c2ccccc21. The third-order valence-corrected chi connectivity index (χ3v) is 7.81. The molecule has 0 bridgehead atoms. The van der Waals surface area contributed by atoms with E-state index in [1.54, 1.807) is 11.8 Å². The molecule has 3 heterocycles. The largest absolute Gasteiger partial charge is 0.355 e. The molecule has 36 heavy (non-hydrogen) atoms. The molecule has 0 N–H and O–H groups in total. The van der Waals surface area contributed by atoms with Crippen LogP contribution in [0.25, 0.3) is 27.6 Å². The van der Waals surface area contributed by atoms with E-state index in [2.05, 4.69) is 123 Å². The topological polar surface area (TPSA) is 24.3 Å². The van der Waals surface area contributed by atoms with E-state index in [0.29, 0.717) is 0 Å². The zero-order valence-corrected chi connectivity index (χ0v) is 20.7. The van der Waals surface area contributed by atoms with Gasteiger partial charge in [-0.05, 0) is 60.7 Å². The van der Waals surface area contributed by atoms with Gasteiger partial charge >= 0.3 is 0 Å². The molecule has 0 saturated carbocycles. The van der Waals surface area contributed by atoms with Gasteiger partial charge in [0.25, 0.3) is 0 Å². The maximum Gasteiger partial charge on any atom is 0.137 e. The molecule has 0 saturated heterocycles. The number of anilines is 3. The van der Waals surface area contributed by atoms with E-state index >= 15 is 0 Å². The maximum absolute atomic E-state index is 4.66. The Bertz CT molecular complexity index is 1720. The molecule has 6 aromatic rings. The van der Waals surface area contributed by atoms with E-state index in [0.717, 1.165) is 12.5 Å². The first kappa shape index (κ1) is 21.1. The highest BCUT2D eigenvalue weighted by Gasteiger charge is 2.24. The van der Waals surface area contributed by atoms with E-state index in [1.807, 2.05) is 18.3 Å². The van der Waals surface area contributed by atoms with Crippen molar-refractivity contribution in [3.63, 3.8) is 0 Å². The molecule has 7 rings (SSSR count). The zero-order chi connectivity index (χ0) is 24.1. The van der Waals surface area contributed by atoms with Gasteiger partial charge in [-0.2, -0.15) is 0 Å². The van der Waals surface area contributed by atoms with Crippen molar-refractivity contribution >= 4 is 50.6 Å². The summed E-state index contributed by atoms with van der Waals surface area (Å²) in [5.41, 5.74) is 6.07. The molecule has 4 aromatic carbocycles. The Morgan fingerprint density at radius 1 is 0.667 bits per heavy atom. The van der Waals surface area contributed by atoms with E-state index in [4.69, 9.17) is 0 Å². The quantitative estimate of drug-likeness (QED) is 0.254. The number of hydrogen-bond acceptors (Lipinski definition) is 4. The molecule has 0 radical (unpaired) electrons. The van der Waals surface area contributed by atoms with Gasteiger partial charge in [-0.25, -0.2) is 4.98 Å². The molecule has 2 aromatic heterocycles. The number of para-hydroxylation sites is 3. The van der Waals surface area contributed by atoms with Crippen LogP contribution >= 0.6 is 11.8 Å². The highest BCUT2D eigenvalue weighted by atomic mass is 32.2. The second-order valence-corrected chi connectivity index (χ2v) is 10.2. The summed E-state index contributed by atoms with van der Waals surface area (Å²) in [5, 5.41) is 2.49. The molecule has 0 unspecified atom stereocenters. The lowest BCUT2D eigenvalue weighted by Crippen LogP contribution is -2.23. The van der Waals surface area contributed by atoms with E-state index < -0.39 is 0 Å². The lowest BCUT2D eigenvalue weighted by Gasteiger charge is -2.20. The smallest absolute Gasteiger partial charge is 0.137 e. The van der Waals surface area contributed by atoms with Gasteiger partial charge < -0.3 is 9.80 Å². The second-order valence-electron chi connectivity index (χ2n) is 9.07. The van der Waals surface area contributed by atoms with Crippen molar-refractivity contribution in [3.8, 4) is 5.82 Å². The third kappa shape index (κ3) is 3.43. The van der Waals surface area contributed by atoms with Crippen molar-refractivity contribution in [1.29, 1.82) is 0 Å². The molecule has 0 atom stereocenters. The van der Waals surface area contributed by atoms with Crippen molar-refractivity contribution in [2.75, 3.05) is 23.5 Å². The summed E-state index contributed by atoms with van der Waals surface area (Å²) in [6.07, 6.45) is 1.86. The van der Waals surface area contributed by atoms with Crippen LogP contribution in [0.3, 0.4) is 0 Å². The van der Waals surface area contributed by atoms with E-state index in [9.17, 15) is 0 Å². The van der Waals surface area contributed by atoms with Crippen molar-refractivity contribution in [2.45, 2.75) is 9.79 Å². The molecular weight excluding hydrogens is 460 g/mol. The molecule has 4 nitrogen and oxygen atoms in total. The standard InChI is InChI=1S/C31H24N4S/c1-33-21-34(29-14-5-4-13-28(29)33)22-9-8-10-23(19-22)36-24-16-17-26-25-11-2-3-12-27(25)35(30(26)20-24)31-15-6-7-18-32-31/h2-20H,21H2,1H3. The second kappa shape index (κ2) is 8.47. The van der Waals surface area contributed by atoms with Crippen molar-refractivity contribution in [1.82, 2.24) is 9.55 Å². The van der Waals surface area contributed by atoms with Gasteiger partial charge in [0.2, 0.25) is 0 Å². The summed E-state index contributed by atoms with van der Waals surface area (Å²) in [7, 11) is 2.15. The fraction of sp³-hybridized carbons (Fsp3) is 0.0645. The third-order valence-electron chi connectivity index (χ3n) is 6.83. The molecule has 0 spiro atoms. The van der Waals surface area contributed by atoms with Crippen LogP contribution < -0.4 is 9.80 Å². The molecular formula is C31H24N4S. The zero-order valence-electron chi connectivity index (χ0n) is 19.9. The number of pyridine rings is 1. The molecule has 5 heteroatoms.